The molecule has 0 fully saturated rings. The molecule has 2 rings (SSSR count). The molecule has 114 valence electrons. The van der Waals surface area contributed by atoms with Gasteiger partial charge >= 0.3 is 0 Å². The lowest BCUT2D eigenvalue weighted by molar-refractivity contribution is 0.373. The molecule has 4 heteroatoms. The van der Waals surface area contributed by atoms with E-state index in [1.807, 2.05) is 12.1 Å². The van der Waals surface area contributed by atoms with E-state index in [4.69, 9.17) is 4.52 Å². The van der Waals surface area contributed by atoms with Crippen LogP contribution in [-0.2, 0) is 13.1 Å². The first kappa shape index (κ1) is 15.6. The van der Waals surface area contributed by atoms with Crippen LogP contribution >= 0.6 is 0 Å². The minimum absolute atomic E-state index is 0.644. The van der Waals surface area contributed by atoms with Crippen molar-refractivity contribution < 1.29 is 4.52 Å². The third-order valence-electron chi connectivity index (χ3n) is 3.32. The highest BCUT2D eigenvalue weighted by molar-refractivity contribution is 5.45. The van der Waals surface area contributed by atoms with Crippen LogP contribution in [-0.4, -0.2) is 18.2 Å². The molecule has 0 aliphatic rings. The number of anilines is 1. The quantitative estimate of drug-likeness (QED) is 0.807. The fourth-order valence-corrected chi connectivity index (χ4v) is 2.22. The van der Waals surface area contributed by atoms with Crippen LogP contribution in [0, 0.1) is 5.92 Å². The fraction of sp³-hybridized carbons (Fsp3) is 0.471. The molecule has 21 heavy (non-hydrogen) atoms. The zero-order valence-electron chi connectivity index (χ0n) is 13.2. The van der Waals surface area contributed by atoms with E-state index in [1.165, 1.54) is 5.69 Å². The maximum absolute atomic E-state index is 5.44. The Balaban J connectivity index is 1.91. The summed E-state index contributed by atoms with van der Waals surface area (Å²) < 4.78 is 5.44. The van der Waals surface area contributed by atoms with Crippen molar-refractivity contribution in [2.45, 2.75) is 33.9 Å². The first-order valence-corrected chi connectivity index (χ1v) is 7.64. The van der Waals surface area contributed by atoms with Gasteiger partial charge in [0.25, 0.3) is 0 Å². The number of para-hydroxylation sites is 1. The van der Waals surface area contributed by atoms with Crippen molar-refractivity contribution in [3.05, 3.63) is 47.9 Å². The largest absolute Gasteiger partial charge is 0.364 e. The molecule has 0 saturated carbocycles. The number of rotatable bonds is 8. The topological polar surface area (TPSA) is 41.3 Å². The van der Waals surface area contributed by atoms with E-state index in [0.29, 0.717) is 5.92 Å². The molecule has 2 aromatic rings. The zero-order valence-corrected chi connectivity index (χ0v) is 13.2. The van der Waals surface area contributed by atoms with Crippen molar-refractivity contribution in [2.75, 3.05) is 18.0 Å². The maximum atomic E-state index is 5.44. The molecule has 0 aliphatic carbocycles. The maximum Gasteiger partial charge on any atom is 0.156 e. The molecule has 1 aromatic carbocycles. The van der Waals surface area contributed by atoms with Crippen molar-refractivity contribution in [1.82, 2.24) is 10.5 Å². The summed E-state index contributed by atoms with van der Waals surface area (Å²) in [5.41, 5.74) is 2.17. The molecule has 1 N–H and O–H groups in total. The van der Waals surface area contributed by atoms with Gasteiger partial charge in [-0.1, -0.05) is 37.2 Å². The SMILES string of the molecule is CCN(Cc1cc(CNCC(C)C)no1)c1ccccc1. The van der Waals surface area contributed by atoms with Gasteiger partial charge in [-0.25, -0.2) is 0 Å². The Morgan fingerprint density at radius 2 is 2.00 bits per heavy atom. The van der Waals surface area contributed by atoms with Crippen LogP contribution in [0.1, 0.15) is 32.2 Å². The van der Waals surface area contributed by atoms with Crippen molar-refractivity contribution in [1.29, 1.82) is 0 Å². The lowest BCUT2D eigenvalue weighted by atomic mass is 10.2. The Kier molecular flexibility index (Phi) is 5.81. The Morgan fingerprint density at radius 1 is 1.24 bits per heavy atom. The summed E-state index contributed by atoms with van der Waals surface area (Å²) >= 11 is 0. The summed E-state index contributed by atoms with van der Waals surface area (Å²) in [5, 5.41) is 7.51. The van der Waals surface area contributed by atoms with Crippen LogP contribution in [0.5, 0.6) is 0 Å². The molecular weight excluding hydrogens is 262 g/mol. The summed E-state index contributed by atoms with van der Waals surface area (Å²) in [5.74, 6) is 1.55. The second-order valence-corrected chi connectivity index (χ2v) is 5.66. The average Bonchev–Trinajstić information content (AvgIpc) is 2.93. The molecule has 0 bridgehead atoms. The smallest absolute Gasteiger partial charge is 0.156 e. The highest BCUT2D eigenvalue weighted by Crippen LogP contribution is 2.16. The lowest BCUT2D eigenvalue weighted by Gasteiger charge is -2.21. The molecule has 1 heterocycles. The predicted octanol–water partition coefficient (Wildman–Crippen LogP) is 3.45. The van der Waals surface area contributed by atoms with Gasteiger partial charge in [0.2, 0.25) is 0 Å². The van der Waals surface area contributed by atoms with E-state index in [1.54, 1.807) is 0 Å². The van der Waals surface area contributed by atoms with Crippen molar-refractivity contribution in [2.24, 2.45) is 5.92 Å². The predicted molar refractivity (Wildman–Crippen MR) is 86.2 cm³/mol. The van der Waals surface area contributed by atoms with Crippen LogP contribution in [0.3, 0.4) is 0 Å². The molecule has 0 radical (unpaired) electrons. The van der Waals surface area contributed by atoms with Crippen LogP contribution in [0.2, 0.25) is 0 Å². The van der Waals surface area contributed by atoms with Crippen LogP contribution in [0.4, 0.5) is 5.69 Å². The van der Waals surface area contributed by atoms with E-state index >= 15 is 0 Å². The van der Waals surface area contributed by atoms with Gasteiger partial charge in [-0.05, 0) is 31.5 Å². The summed E-state index contributed by atoms with van der Waals surface area (Å²) in [7, 11) is 0. The molecule has 4 nitrogen and oxygen atoms in total. The molecule has 0 amide bonds. The van der Waals surface area contributed by atoms with Crippen molar-refractivity contribution in [3.63, 3.8) is 0 Å². The monoisotopic (exact) mass is 287 g/mol. The lowest BCUT2D eigenvalue weighted by Crippen LogP contribution is -2.21. The van der Waals surface area contributed by atoms with E-state index in [9.17, 15) is 0 Å². The highest BCUT2D eigenvalue weighted by Gasteiger charge is 2.09. The Morgan fingerprint density at radius 3 is 2.67 bits per heavy atom. The zero-order chi connectivity index (χ0) is 15.1. The Labute approximate surface area is 127 Å². The number of hydrogen-bond donors (Lipinski definition) is 1. The number of nitrogens with zero attached hydrogens (tertiary/aromatic N) is 2. The second-order valence-electron chi connectivity index (χ2n) is 5.66. The molecular formula is C17H25N3O. The highest BCUT2D eigenvalue weighted by atomic mass is 16.5. The molecule has 0 spiro atoms. The second kappa shape index (κ2) is 7.84. The third kappa shape index (κ3) is 4.90. The summed E-state index contributed by atoms with van der Waals surface area (Å²) in [4.78, 5) is 2.27. The van der Waals surface area contributed by atoms with Gasteiger partial charge in [0, 0.05) is 24.8 Å². The third-order valence-corrected chi connectivity index (χ3v) is 3.32. The standard InChI is InChI=1S/C17H25N3O/c1-4-20(16-8-6-5-7-9-16)13-17-10-15(19-21-17)12-18-11-14(2)3/h5-10,14,18H,4,11-13H2,1-3H3. The van der Waals surface area contributed by atoms with Gasteiger partial charge in [-0.3, -0.25) is 0 Å². The van der Waals surface area contributed by atoms with Crippen LogP contribution in [0.25, 0.3) is 0 Å². The molecule has 0 atom stereocenters. The van der Waals surface area contributed by atoms with E-state index in [2.05, 4.69) is 60.4 Å². The van der Waals surface area contributed by atoms with E-state index < -0.39 is 0 Å². The van der Waals surface area contributed by atoms with E-state index in [-0.39, 0.29) is 0 Å². The van der Waals surface area contributed by atoms with Gasteiger partial charge in [-0.15, -0.1) is 0 Å². The first-order valence-electron chi connectivity index (χ1n) is 7.64. The normalized spacial score (nSPS) is 11.0. The summed E-state index contributed by atoms with van der Waals surface area (Å²) in [6.45, 7) is 9.98. The fourth-order valence-electron chi connectivity index (χ4n) is 2.22. The van der Waals surface area contributed by atoms with Gasteiger partial charge in [0.05, 0.1) is 12.2 Å². The van der Waals surface area contributed by atoms with Gasteiger partial charge in [0.15, 0.2) is 5.76 Å². The molecule has 0 aliphatic heterocycles. The number of benzene rings is 1. The van der Waals surface area contributed by atoms with Crippen molar-refractivity contribution in [3.8, 4) is 0 Å². The minimum Gasteiger partial charge on any atom is -0.364 e. The first-order chi connectivity index (χ1) is 10.2. The summed E-state index contributed by atoms with van der Waals surface area (Å²) in [6.07, 6.45) is 0. The Bertz CT molecular complexity index is 522. The average molecular weight is 287 g/mol. The van der Waals surface area contributed by atoms with Gasteiger partial charge in [-0.2, -0.15) is 0 Å². The molecule has 0 saturated heterocycles. The minimum atomic E-state index is 0.644. The molecule has 0 unspecified atom stereocenters. The van der Waals surface area contributed by atoms with Crippen molar-refractivity contribution >= 4 is 5.69 Å². The number of hydrogen-bond acceptors (Lipinski definition) is 4. The Hall–Kier alpha value is -1.81. The number of aromatic nitrogens is 1. The number of nitrogens with one attached hydrogen (secondary N) is 1. The summed E-state index contributed by atoms with van der Waals surface area (Å²) in [6, 6.07) is 12.4. The van der Waals surface area contributed by atoms with Gasteiger partial charge in [0.1, 0.15) is 0 Å². The van der Waals surface area contributed by atoms with E-state index in [0.717, 1.165) is 37.6 Å². The van der Waals surface area contributed by atoms with Crippen LogP contribution in [0.15, 0.2) is 40.9 Å². The molecule has 1 aromatic heterocycles. The van der Waals surface area contributed by atoms with Crippen LogP contribution < -0.4 is 10.2 Å². The van der Waals surface area contributed by atoms with Gasteiger partial charge < -0.3 is 14.7 Å².